The molecule has 1 aromatic heterocycles. The molecule has 2 N–H and O–H groups in total. The van der Waals surface area contributed by atoms with Gasteiger partial charge in [-0.3, -0.25) is 4.79 Å². The molecule has 7 nitrogen and oxygen atoms in total. The molecular formula is C13H20N2O5. The number of anilines is 1. The molecule has 1 heterocycles. The van der Waals surface area contributed by atoms with E-state index in [0.29, 0.717) is 25.6 Å². The second-order valence-electron chi connectivity index (χ2n) is 4.24. The maximum atomic E-state index is 11.3. The molecule has 0 radical (unpaired) electrons. The molecule has 0 saturated carbocycles. The summed E-state index contributed by atoms with van der Waals surface area (Å²) in [6.45, 7) is 2.68. The number of hydrogen-bond donors (Lipinski definition) is 2. The highest BCUT2D eigenvalue weighted by molar-refractivity contribution is 5.87. The Morgan fingerprint density at radius 1 is 1.35 bits per heavy atom. The van der Waals surface area contributed by atoms with Gasteiger partial charge in [-0.1, -0.05) is 12.8 Å². The van der Waals surface area contributed by atoms with Gasteiger partial charge in [-0.2, -0.15) is 4.98 Å². The molecule has 0 saturated heterocycles. The third-order valence-corrected chi connectivity index (χ3v) is 2.58. The quantitative estimate of drug-likeness (QED) is 0.502. The molecule has 0 spiro atoms. The van der Waals surface area contributed by atoms with E-state index in [0.717, 1.165) is 19.3 Å². The fraction of sp³-hybridized carbons (Fsp3) is 0.615. The fourth-order valence-corrected chi connectivity index (χ4v) is 1.60. The van der Waals surface area contributed by atoms with Gasteiger partial charge in [0.25, 0.3) is 6.01 Å². The third-order valence-electron chi connectivity index (χ3n) is 2.58. The lowest BCUT2D eigenvalue weighted by molar-refractivity contribution is -0.137. The predicted octanol–water partition coefficient (Wildman–Crippen LogP) is 2.30. The summed E-state index contributed by atoms with van der Waals surface area (Å²) >= 11 is 0. The monoisotopic (exact) mass is 284 g/mol. The zero-order chi connectivity index (χ0) is 14.8. The normalized spacial score (nSPS) is 10.2. The van der Waals surface area contributed by atoms with E-state index in [9.17, 15) is 9.59 Å². The van der Waals surface area contributed by atoms with Crippen LogP contribution in [0.2, 0.25) is 0 Å². The smallest absolute Gasteiger partial charge is 0.360 e. The van der Waals surface area contributed by atoms with Crippen LogP contribution in [0.5, 0.6) is 0 Å². The number of oxazole rings is 1. The Hall–Kier alpha value is -2.05. The van der Waals surface area contributed by atoms with Gasteiger partial charge < -0.3 is 19.6 Å². The molecule has 0 fully saturated rings. The first-order chi connectivity index (χ1) is 9.63. The van der Waals surface area contributed by atoms with Crippen LogP contribution in [0.15, 0.2) is 10.7 Å². The number of carbonyl (C=O) groups excluding carboxylic acids is 1. The Balaban J connectivity index is 2.13. The number of carbonyl (C=O) groups is 2. The lowest BCUT2D eigenvalue weighted by Crippen LogP contribution is -2.06. The van der Waals surface area contributed by atoms with Crippen LogP contribution in [-0.4, -0.2) is 35.2 Å². The Morgan fingerprint density at radius 3 is 2.80 bits per heavy atom. The summed E-state index contributed by atoms with van der Waals surface area (Å²) in [6, 6.07) is 0.290. The van der Waals surface area contributed by atoms with E-state index < -0.39 is 11.9 Å². The van der Waals surface area contributed by atoms with E-state index in [2.05, 4.69) is 10.3 Å². The average Bonchev–Trinajstić information content (AvgIpc) is 2.86. The maximum Gasteiger partial charge on any atom is 0.360 e. The van der Waals surface area contributed by atoms with Crippen LogP contribution in [-0.2, 0) is 9.53 Å². The molecule has 20 heavy (non-hydrogen) atoms. The highest BCUT2D eigenvalue weighted by Crippen LogP contribution is 2.09. The topological polar surface area (TPSA) is 102 Å². The molecular weight excluding hydrogens is 264 g/mol. The van der Waals surface area contributed by atoms with Gasteiger partial charge in [-0.25, -0.2) is 4.79 Å². The highest BCUT2D eigenvalue weighted by atomic mass is 16.5. The first kappa shape index (κ1) is 16.0. The van der Waals surface area contributed by atoms with Crippen LogP contribution >= 0.6 is 0 Å². The van der Waals surface area contributed by atoms with E-state index in [-0.39, 0.29) is 12.1 Å². The molecule has 1 aromatic rings. The first-order valence-electron chi connectivity index (χ1n) is 6.71. The second-order valence-corrected chi connectivity index (χ2v) is 4.24. The number of aliphatic carboxylic acids is 1. The Labute approximate surface area is 117 Å². The number of aromatic nitrogens is 1. The average molecular weight is 284 g/mol. The van der Waals surface area contributed by atoms with Gasteiger partial charge in [0.1, 0.15) is 6.26 Å². The SMILES string of the molecule is CCOC(=O)c1coc(NCCCCCCC(=O)O)n1. The number of nitrogens with one attached hydrogen (secondary N) is 1. The summed E-state index contributed by atoms with van der Waals surface area (Å²) in [5.41, 5.74) is 0.149. The van der Waals surface area contributed by atoms with E-state index in [1.54, 1.807) is 6.92 Å². The summed E-state index contributed by atoms with van der Waals surface area (Å²) in [6.07, 6.45) is 4.88. The summed E-state index contributed by atoms with van der Waals surface area (Å²) < 4.78 is 9.88. The van der Waals surface area contributed by atoms with Crippen LogP contribution < -0.4 is 5.32 Å². The Morgan fingerprint density at radius 2 is 2.10 bits per heavy atom. The van der Waals surface area contributed by atoms with Gasteiger partial charge in [0.05, 0.1) is 6.61 Å². The van der Waals surface area contributed by atoms with Crippen molar-refractivity contribution >= 4 is 18.0 Å². The van der Waals surface area contributed by atoms with Crippen molar-refractivity contribution in [1.82, 2.24) is 4.98 Å². The summed E-state index contributed by atoms with van der Waals surface area (Å²) in [5, 5.41) is 11.4. The molecule has 0 aliphatic heterocycles. The van der Waals surface area contributed by atoms with Gasteiger partial charge in [0, 0.05) is 13.0 Å². The Kier molecular flexibility index (Phi) is 7.16. The maximum absolute atomic E-state index is 11.3. The number of nitrogens with zero attached hydrogens (tertiary/aromatic N) is 1. The number of carboxylic acids is 1. The summed E-state index contributed by atoms with van der Waals surface area (Å²) in [4.78, 5) is 25.6. The summed E-state index contributed by atoms with van der Waals surface area (Å²) in [5.74, 6) is -1.26. The molecule has 0 aliphatic carbocycles. The zero-order valence-corrected chi connectivity index (χ0v) is 11.6. The van der Waals surface area contributed by atoms with Crippen molar-refractivity contribution in [3.8, 4) is 0 Å². The van der Waals surface area contributed by atoms with Gasteiger partial charge in [-0.15, -0.1) is 0 Å². The highest BCUT2D eigenvalue weighted by Gasteiger charge is 2.12. The predicted molar refractivity (Wildman–Crippen MR) is 71.7 cm³/mol. The van der Waals surface area contributed by atoms with Crippen molar-refractivity contribution in [3.05, 3.63) is 12.0 Å². The third kappa shape index (κ3) is 6.21. The molecule has 1 rings (SSSR count). The van der Waals surface area contributed by atoms with E-state index in [4.69, 9.17) is 14.3 Å². The lowest BCUT2D eigenvalue weighted by atomic mass is 10.1. The number of ether oxygens (including phenoxy) is 1. The molecule has 7 heteroatoms. The molecule has 0 unspecified atom stereocenters. The number of carboxylic acid groups (broad SMARTS) is 1. The number of esters is 1. The van der Waals surface area contributed by atoms with E-state index >= 15 is 0 Å². The number of rotatable bonds is 10. The van der Waals surface area contributed by atoms with Crippen molar-refractivity contribution in [1.29, 1.82) is 0 Å². The van der Waals surface area contributed by atoms with Crippen LogP contribution in [0.25, 0.3) is 0 Å². The Bertz CT molecular complexity index is 430. The molecule has 112 valence electrons. The van der Waals surface area contributed by atoms with Gasteiger partial charge >= 0.3 is 11.9 Å². The molecule has 0 amide bonds. The van der Waals surface area contributed by atoms with Crippen LogP contribution in [0.1, 0.15) is 49.5 Å². The van der Waals surface area contributed by atoms with Gasteiger partial charge in [0.15, 0.2) is 5.69 Å². The molecule has 0 aromatic carbocycles. The van der Waals surface area contributed by atoms with Crippen LogP contribution in [0.4, 0.5) is 6.01 Å². The second kappa shape index (κ2) is 8.95. The summed E-state index contributed by atoms with van der Waals surface area (Å²) in [7, 11) is 0. The van der Waals surface area contributed by atoms with Crippen LogP contribution in [0, 0.1) is 0 Å². The standard InChI is InChI=1S/C13H20N2O5/c1-2-19-12(18)10-9-20-13(15-10)14-8-6-4-3-5-7-11(16)17/h9H,2-8H2,1H3,(H,14,15)(H,16,17). The minimum absolute atomic E-state index is 0.149. The van der Waals surface area contributed by atoms with Gasteiger partial charge in [0.2, 0.25) is 0 Å². The van der Waals surface area contributed by atoms with Crippen molar-refractivity contribution in [2.75, 3.05) is 18.5 Å². The number of unbranched alkanes of at least 4 members (excludes halogenated alkanes) is 3. The van der Waals surface area contributed by atoms with Crippen molar-refractivity contribution in [2.24, 2.45) is 0 Å². The van der Waals surface area contributed by atoms with Crippen molar-refractivity contribution in [2.45, 2.75) is 39.0 Å². The first-order valence-corrected chi connectivity index (χ1v) is 6.71. The fourth-order valence-electron chi connectivity index (χ4n) is 1.60. The van der Waals surface area contributed by atoms with Crippen molar-refractivity contribution in [3.63, 3.8) is 0 Å². The zero-order valence-electron chi connectivity index (χ0n) is 11.6. The van der Waals surface area contributed by atoms with Crippen molar-refractivity contribution < 1.29 is 23.8 Å². The minimum atomic E-state index is -0.755. The molecule has 0 bridgehead atoms. The van der Waals surface area contributed by atoms with Gasteiger partial charge in [-0.05, 0) is 19.8 Å². The minimum Gasteiger partial charge on any atom is -0.481 e. The molecule has 0 aliphatic rings. The largest absolute Gasteiger partial charge is 0.481 e. The number of hydrogen-bond acceptors (Lipinski definition) is 6. The van der Waals surface area contributed by atoms with E-state index in [1.807, 2.05) is 0 Å². The lowest BCUT2D eigenvalue weighted by Gasteiger charge is -2.01. The van der Waals surface area contributed by atoms with E-state index in [1.165, 1.54) is 6.26 Å². The van der Waals surface area contributed by atoms with Crippen LogP contribution in [0.3, 0.4) is 0 Å². The molecule has 0 atom stereocenters.